The molecule has 0 saturated carbocycles. The standard InChI is InChI=1S/C15H24N2O5/c1-9(2)13(14(18)19-3)11-6-12(16-22-11)17-7-10(8-17)15(20-4)21-5/h6,9-10,13,15H,7-8H2,1-5H3. The van der Waals surface area contributed by atoms with E-state index in [4.69, 9.17) is 18.7 Å². The second-order valence-corrected chi connectivity index (χ2v) is 5.84. The molecular weight excluding hydrogens is 288 g/mol. The summed E-state index contributed by atoms with van der Waals surface area (Å²) < 4.78 is 20.7. The van der Waals surface area contributed by atoms with Gasteiger partial charge in [0.2, 0.25) is 0 Å². The Labute approximate surface area is 130 Å². The number of anilines is 1. The highest BCUT2D eigenvalue weighted by atomic mass is 16.7. The Balaban J connectivity index is 2.02. The summed E-state index contributed by atoms with van der Waals surface area (Å²) in [6, 6.07) is 1.81. The normalized spacial score (nSPS) is 17.0. The number of hydrogen-bond acceptors (Lipinski definition) is 7. The lowest BCUT2D eigenvalue weighted by atomic mass is 9.93. The summed E-state index contributed by atoms with van der Waals surface area (Å²) in [5.74, 6) is 0.898. The molecule has 0 N–H and O–H groups in total. The molecule has 2 rings (SSSR count). The molecule has 1 aromatic heterocycles. The lowest BCUT2D eigenvalue weighted by Gasteiger charge is -2.41. The molecule has 0 bridgehead atoms. The van der Waals surface area contributed by atoms with Crippen molar-refractivity contribution in [1.82, 2.24) is 5.16 Å². The third kappa shape index (κ3) is 3.25. The second kappa shape index (κ2) is 7.11. The largest absolute Gasteiger partial charge is 0.468 e. The van der Waals surface area contributed by atoms with Gasteiger partial charge in [-0.05, 0) is 5.92 Å². The van der Waals surface area contributed by atoms with Crippen LogP contribution in [0.15, 0.2) is 10.6 Å². The first-order valence-electron chi connectivity index (χ1n) is 7.36. The van der Waals surface area contributed by atoms with Crippen LogP contribution in [0.4, 0.5) is 5.82 Å². The van der Waals surface area contributed by atoms with E-state index in [-0.39, 0.29) is 18.2 Å². The summed E-state index contributed by atoms with van der Waals surface area (Å²) in [5, 5.41) is 4.07. The van der Waals surface area contributed by atoms with Crippen molar-refractivity contribution in [2.45, 2.75) is 26.1 Å². The van der Waals surface area contributed by atoms with E-state index in [0.29, 0.717) is 11.7 Å². The molecule has 1 fully saturated rings. The number of carbonyl (C=O) groups is 1. The first kappa shape index (κ1) is 16.8. The number of methoxy groups -OCH3 is 3. The number of rotatable bonds is 7. The SMILES string of the molecule is COC(=O)C(c1cc(N2CC(C(OC)OC)C2)no1)C(C)C. The van der Waals surface area contributed by atoms with Gasteiger partial charge in [-0.3, -0.25) is 4.79 Å². The van der Waals surface area contributed by atoms with Crippen molar-refractivity contribution in [3.05, 3.63) is 11.8 Å². The van der Waals surface area contributed by atoms with Crippen LogP contribution in [-0.2, 0) is 19.0 Å². The van der Waals surface area contributed by atoms with Crippen LogP contribution in [0.3, 0.4) is 0 Å². The van der Waals surface area contributed by atoms with Crippen LogP contribution < -0.4 is 4.90 Å². The summed E-state index contributed by atoms with van der Waals surface area (Å²) in [6.07, 6.45) is -0.207. The molecule has 7 nitrogen and oxygen atoms in total. The highest BCUT2D eigenvalue weighted by Gasteiger charge is 2.37. The van der Waals surface area contributed by atoms with Gasteiger partial charge in [-0.1, -0.05) is 19.0 Å². The van der Waals surface area contributed by atoms with Gasteiger partial charge in [-0.25, -0.2) is 0 Å². The quantitative estimate of drug-likeness (QED) is 0.559. The average molecular weight is 312 g/mol. The average Bonchev–Trinajstić information content (AvgIpc) is 2.90. The molecular formula is C15H24N2O5. The number of ether oxygens (including phenoxy) is 3. The Kier molecular flexibility index (Phi) is 5.42. The Hall–Kier alpha value is -1.60. The van der Waals surface area contributed by atoms with Crippen LogP contribution in [0.25, 0.3) is 0 Å². The van der Waals surface area contributed by atoms with Gasteiger partial charge in [0.15, 0.2) is 17.9 Å². The van der Waals surface area contributed by atoms with E-state index < -0.39 is 5.92 Å². The van der Waals surface area contributed by atoms with Crippen LogP contribution in [-0.4, -0.2) is 51.8 Å². The van der Waals surface area contributed by atoms with Crippen molar-refractivity contribution in [3.8, 4) is 0 Å². The smallest absolute Gasteiger partial charge is 0.316 e. The minimum atomic E-state index is -0.436. The maximum absolute atomic E-state index is 11.9. The third-order valence-electron chi connectivity index (χ3n) is 4.03. The molecule has 0 aromatic carbocycles. The molecule has 1 aromatic rings. The van der Waals surface area contributed by atoms with Gasteiger partial charge in [0.05, 0.1) is 7.11 Å². The number of aromatic nitrogens is 1. The topological polar surface area (TPSA) is 74.0 Å². The maximum atomic E-state index is 11.9. The molecule has 1 aliphatic rings. The van der Waals surface area contributed by atoms with Crippen LogP contribution in [0.5, 0.6) is 0 Å². The van der Waals surface area contributed by atoms with Gasteiger partial charge >= 0.3 is 5.97 Å². The van der Waals surface area contributed by atoms with E-state index in [1.165, 1.54) is 7.11 Å². The van der Waals surface area contributed by atoms with E-state index in [1.807, 2.05) is 19.9 Å². The summed E-state index contributed by atoms with van der Waals surface area (Å²) in [4.78, 5) is 13.9. The maximum Gasteiger partial charge on any atom is 0.316 e. The molecule has 1 aliphatic heterocycles. The highest BCUT2D eigenvalue weighted by Crippen LogP contribution is 2.32. The summed E-state index contributed by atoms with van der Waals surface area (Å²) in [7, 11) is 4.65. The molecule has 1 atom stereocenters. The van der Waals surface area contributed by atoms with Crippen LogP contribution >= 0.6 is 0 Å². The fraction of sp³-hybridized carbons (Fsp3) is 0.733. The molecule has 124 valence electrons. The van der Waals surface area contributed by atoms with Gasteiger partial charge in [0.25, 0.3) is 0 Å². The van der Waals surface area contributed by atoms with Gasteiger partial charge < -0.3 is 23.6 Å². The molecule has 0 radical (unpaired) electrons. The zero-order chi connectivity index (χ0) is 16.3. The molecule has 1 unspecified atom stereocenters. The number of nitrogens with zero attached hydrogens (tertiary/aromatic N) is 2. The molecule has 22 heavy (non-hydrogen) atoms. The molecule has 1 saturated heterocycles. The van der Waals surface area contributed by atoms with Crippen molar-refractivity contribution in [2.75, 3.05) is 39.3 Å². The van der Waals surface area contributed by atoms with E-state index in [9.17, 15) is 4.79 Å². The van der Waals surface area contributed by atoms with Crippen LogP contribution in [0, 0.1) is 11.8 Å². The van der Waals surface area contributed by atoms with Gasteiger partial charge in [0.1, 0.15) is 5.92 Å². The van der Waals surface area contributed by atoms with Gasteiger partial charge in [-0.15, -0.1) is 0 Å². The Morgan fingerprint density at radius 2 is 1.95 bits per heavy atom. The van der Waals surface area contributed by atoms with Crippen molar-refractivity contribution < 1.29 is 23.5 Å². The predicted octanol–water partition coefficient (Wildman–Crippen LogP) is 1.64. The van der Waals surface area contributed by atoms with Crippen LogP contribution in [0.1, 0.15) is 25.5 Å². The number of hydrogen-bond donors (Lipinski definition) is 0. The summed E-state index contributed by atoms with van der Waals surface area (Å²) >= 11 is 0. The minimum Gasteiger partial charge on any atom is -0.468 e. The monoisotopic (exact) mass is 312 g/mol. The third-order valence-corrected chi connectivity index (χ3v) is 4.03. The first-order valence-corrected chi connectivity index (χ1v) is 7.36. The van der Waals surface area contributed by atoms with E-state index >= 15 is 0 Å². The highest BCUT2D eigenvalue weighted by molar-refractivity contribution is 5.77. The molecule has 0 aliphatic carbocycles. The minimum absolute atomic E-state index is 0.0729. The second-order valence-electron chi connectivity index (χ2n) is 5.84. The van der Waals surface area contributed by atoms with Crippen LogP contribution in [0.2, 0.25) is 0 Å². The lowest BCUT2D eigenvalue weighted by molar-refractivity contribution is -0.144. The Bertz CT molecular complexity index is 492. The number of carbonyl (C=O) groups excluding carboxylic acids is 1. The van der Waals surface area contributed by atoms with Crippen molar-refractivity contribution in [1.29, 1.82) is 0 Å². The fourth-order valence-corrected chi connectivity index (χ4v) is 2.77. The summed E-state index contributed by atoms with van der Waals surface area (Å²) in [6.45, 7) is 5.46. The summed E-state index contributed by atoms with van der Waals surface area (Å²) in [5.41, 5.74) is 0. The zero-order valence-corrected chi connectivity index (χ0v) is 13.7. The molecule has 2 heterocycles. The first-order chi connectivity index (χ1) is 10.5. The van der Waals surface area contributed by atoms with E-state index in [0.717, 1.165) is 18.9 Å². The fourth-order valence-electron chi connectivity index (χ4n) is 2.77. The molecule has 0 amide bonds. The predicted molar refractivity (Wildman–Crippen MR) is 79.6 cm³/mol. The van der Waals surface area contributed by atoms with Crippen molar-refractivity contribution >= 4 is 11.8 Å². The Morgan fingerprint density at radius 1 is 1.32 bits per heavy atom. The number of esters is 1. The van der Waals surface area contributed by atoms with Gasteiger partial charge in [0, 0.05) is 39.3 Å². The molecule has 0 spiro atoms. The lowest BCUT2D eigenvalue weighted by Crippen LogP contribution is -2.53. The zero-order valence-electron chi connectivity index (χ0n) is 13.7. The van der Waals surface area contributed by atoms with Crippen molar-refractivity contribution in [3.63, 3.8) is 0 Å². The van der Waals surface area contributed by atoms with E-state index in [1.54, 1.807) is 14.2 Å². The van der Waals surface area contributed by atoms with E-state index in [2.05, 4.69) is 10.1 Å². The Morgan fingerprint density at radius 3 is 2.45 bits per heavy atom. The molecule has 7 heteroatoms. The van der Waals surface area contributed by atoms with Gasteiger partial charge in [-0.2, -0.15) is 0 Å². The van der Waals surface area contributed by atoms with Crippen molar-refractivity contribution in [2.24, 2.45) is 11.8 Å².